The molecule has 2 amide bonds. The van der Waals surface area contributed by atoms with Crippen LogP contribution in [-0.2, 0) is 4.79 Å². The van der Waals surface area contributed by atoms with Gasteiger partial charge in [0.2, 0.25) is 0 Å². The summed E-state index contributed by atoms with van der Waals surface area (Å²) in [6.07, 6.45) is 0.727. The maximum Gasteiger partial charge on any atom is 0.260 e. The third kappa shape index (κ3) is 5.65. The van der Waals surface area contributed by atoms with Crippen molar-refractivity contribution in [2.45, 2.75) is 13.3 Å². The number of carbonyl (C=O) groups excluding carboxylic acids is 2. The van der Waals surface area contributed by atoms with Gasteiger partial charge in [0, 0.05) is 31.7 Å². The summed E-state index contributed by atoms with van der Waals surface area (Å²) in [5, 5.41) is 0. The van der Waals surface area contributed by atoms with E-state index in [4.69, 9.17) is 14.2 Å². The van der Waals surface area contributed by atoms with Gasteiger partial charge in [0.15, 0.2) is 6.61 Å². The topological polar surface area (TPSA) is 68.3 Å². The Kier molecular flexibility index (Phi) is 7.54. The molecule has 0 N–H and O–H groups in total. The number of ether oxygens (including phenoxy) is 3. The molecule has 1 aliphatic heterocycles. The third-order valence-corrected chi connectivity index (χ3v) is 4.95. The highest BCUT2D eigenvalue weighted by atomic mass is 16.5. The zero-order chi connectivity index (χ0) is 21.3. The smallest absolute Gasteiger partial charge is 0.260 e. The molecule has 7 nitrogen and oxygen atoms in total. The number of hydrogen-bond acceptors (Lipinski definition) is 5. The van der Waals surface area contributed by atoms with Gasteiger partial charge in [-0.2, -0.15) is 0 Å². The van der Waals surface area contributed by atoms with Crippen molar-refractivity contribution in [2.75, 3.05) is 46.5 Å². The third-order valence-electron chi connectivity index (χ3n) is 4.95. The Morgan fingerprint density at radius 2 is 1.53 bits per heavy atom. The van der Waals surface area contributed by atoms with Crippen molar-refractivity contribution >= 4 is 11.8 Å². The number of carbonyl (C=O) groups is 2. The molecule has 30 heavy (non-hydrogen) atoms. The van der Waals surface area contributed by atoms with Crippen LogP contribution in [0.15, 0.2) is 48.5 Å². The molecule has 0 aromatic heterocycles. The molecule has 3 rings (SSSR count). The van der Waals surface area contributed by atoms with Crippen LogP contribution in [0.3, 0.4) is 0 Å². The van der Waals surface area contributed by atoms with E-state index in [9.17, 15) is 9.59 Å². The fourth-order valence-corrected chi connectivity index (χ4v) is 3.34. The first kappa shape index (κ1) is 21.5. The molecule has 0 radical (unpaired) electrons. The first-order valence-corrected chi connectivity index (χ1v) is 10.2. The molecule has 2 aromatic rings. The number of nitrogens with zero attached hydrogens (tertiary/aromatic N) is 2. The van der Waals surface area contributed by atoms with E-state index in [1.54, 1.807) is 47.2 Å². The summed E-state index contributed by atoms with van der Waals surface area (Å²) in [6.45, 7) is 4.69. The maximum atomic E-state index is 12.8. The van der Waals surface area contributed by atoms with Gasteiger partial charge in [0.25, 0.3) is 11.8 Å². The highest BCUT2D eigenvalue weighted by Crippen LogP contribution is 2.18. The lowest BCUT2D eigenvalue weighted by atomic mass is 10.2. The Balaban J connectivity index is 1.51. The van der Waals surface area contributed by atoms with Gasteiger partial charge in [-0.15, -0.1) is 0 Å². The number of hydrogen-bond donors (Lipinski definition) is 0. The summed E-state index contributed by atoms with van der Waals surface area (Å²) in [7, 11) is 1.58. The van der Waals surface area contributed by atoms with Crippen LogP contribution < -0.4 is 14.2 Å². The quantitative estimate of drug-likeness (QED) is 0.700. The van der Waals surface area contributed by atoms with Crippen LogP contribution in [0.25, 0.3) is 0 Å². The Morgan fingerprint density at radius 1 is 0.867 bits per heavy atom. The second kappa shape index (κ2) is 10.5. The van der Waals surface area contributed by atoms with Crippen molar-refractivity contribution in [3.05, 3.63) is 54.1 Å². The molecular weight excluding hydrogens is 384 g/mol. The van der Waals surface area contributed by atoms with Gasteiger partial charge in [0.1, 0.15) is 17.2 Å². The minimum atomic E-state index is -0.0837. The summed E-state index contributed by atoms with van der Waals surface area (Å²) in [4.78, 5) is 28.9. The average molecular weight is 412 g/mol. The first-order valence-electron chi connectivity index (χ1n) is 10.2. The molecule has 2 aromatic carbocycles. The molecule has 1 heterocycles. The van der Waals surface area contributed by atoms with Crippen LogP contribution in [-0.4, -0.2) is 68.1 Å². The van der Waals surface area contributed by atoms with Gasteiger partial charge >= 0.3 is 0 Å². The summed E-state index contributed by atoms with van der Waals surface area (Å²) in [6, 6.07) is 14.3. The van der Waals surface area contributed by atoms with E-state index in [1.807, 2.05) is 25.1 Å². The van der Waals surface area contributed by atoms with Crippen molar-refractivity contribution in [3.8, 4) is 17.2 Å². The molecule has 0 atom stereocenters. The Bertz CT molecular complexity index is 853. The zero-order valence-corrected chi connectivity index (χ0v) is 17.5. The molecule has 1 saturated heterocycles. The molecule has 0 aliphatic carbocycles. The Morgan fingerprint density at radius 3 is 2.23 bits per heavy atom. The summed E-state index contributed by atoms with van der Waals surface area (Å²) in [5.41, 5.74) is 0.591. The van der Waals surface area contributed by atoms with Crippen molar-refractivity contribution in [2.24, 2.45) is 0 Å². The van der Waals surface area contributed by atoms with Crippen LogP contribution in [0.5, 0.6) is 17.2 Å². The van der Waals surface area contributed by atoms with Gasteiger partial charge in [-0.05, 0) is 55.8 Å². The minimum Gasteiger partial charge on any atom is -0.497 e. The van der Waals surface area contributed by atoms with Crippen LogP contribution >= 0.6 is 0 Å². The zero-order valence-electron chi connectivity index (χ0n) is 17.5. The van der Waals surface area contributed by atoms with Gasteiger partial charge in [-0.3, -0.25) is 9.59 Å². The van der Waals surface area contributed by atoms with E-state index >= 15 is 0 Å². The summed E-state index contributed by atoms with van der Waals surface area (Å²) < 4.78 is 16.2. The van der Waals surface area contributed by atoms with Gasteiger partial charge in [-0.1, -0.05) is 6.07 Å². The SMILES string of the molecule is CCOc1ccc(OCC(=O)N2CCCN(C(=O)c3cccc(OC)c3)CC2)cc1. The molecule has 160 valence electrons. The fourth-order valence-electron chi connectivity index (χ4n) is 3.34. The van der Waals surface area contributed by atoms with Crippen molar-refractivity contribution in [1.82, 2.24) is 9.80 Å². The van der Waals surface area contributed by atoms with Crippen LogP contribution in [0.1, 0.15) is 23.7 Å². The fraction of sp³-hybridized carbons (Fsp3) is 0.391. The lowest BCUT2D eigenvalue weighted by Crippen LogP contribution is -2.39. The second-order valence-corrected chi connectivity index (χ2v) is 6.95. The Labute approximate surface area is 177 Å². The van der Waals surface area contributed by atoms with E-state index in [0.29, 0.717) is 49.8 Å². The number of methoxy groups -OCH3 is 1. The maximum absolute atomic E-state index is 12.8. The predicted octanol–water partition coefficient (Wildman–Crippen LogP) is 2.85. The van der Waals surface area contributed by atoms with Crippen LogP contribution in [0.4, 0.5) is 0 Å². The minimum absolute atomic E-state index is 0.0299. The average Bonchev–Trinajstić information content (AvgIpc) is 3.04. The van der Waals surface area contributed by atoms with E-state index in [2.05, 4.69) is 0 Å². The molecule has 0 saturated carbocycles. The van der Waals surface area contributed by atoms with Crippen molar-refractivity contribution in [3.63, 3.8) is 0 Å². The monoisotopic (exact) mass is 412 g/mol. The number of amides is 2. The van der Waals surface area contributed by atoms with Gasteiger partial charge < -0.3 is 24.0 Å². The highest BCUT2D eigenvalue weighted by molar-refractivity contribution is 5.94. The molecule has 1 aliphatic rings. The molecule has 7 heteroatoms. The lowest BCUT2D eigenvalue weighted by Gasteiger charge is -2.22. The van der Waals surface area contributed by atoms with Gasteiger partial charge in [-0.25, -0.2) is 0 Å². The largest absolute Gasteiger partial charge is 0.497 e. The van der Waals surface area contributed by atoms with Crippen LogP contribution in [0.2, 0.25) is 0 Å². The molecule has 0 bridgehead atoms. The summed E-state index contributed by atoms with van der Waals surface area (Å²) in [5.74, 6) is 1.91. The summed E-state index contributed by atoms with van der Waals surface area (Å²) >= 11 is 0. The highest BCUT2D eigenvalue weighted by Gasteiger charge is 2.23. The van der Waals surface area contributed by atoms with E-state index < -0.39 is 0 Å². The molecule has 1 fully saturated rings. The van der Waals surface area contributed by atoms with E-state index in [-0.39, 0.29) is 18.4 Å². The number of rotatable bonds is 7. The van der Waals surface area contributed by atoms with E-state index in [0.717, 1.165) is 12.2 Å². The Hall–Kier alpha value is -3.22. The van der Waals surface area contributed by atoms with Crippen molar-refractivity contribution in [1.29, 1.82) is 0 Å². The standard InChI is InChI=1S/C23H28N2O5/c1-3-29-19-8-10-20(11-9-19)30-17-22(26)24-12-5-13-25(15-14-24)23(27)18-6-4-7-21(16-18)28-2/h4,6-11,16H,3,5,12-15,17H2,1-2H3. The van der Waals surface area contributed by atoms with Crippen LogP contribution in [0, 0.1) is 0 Å². The molecule has 0 unspecified atom stereocenters. The second-order valence-electron chi connectivity index (χ2n) is 6.95. The number of benzene rings is 2. The van der Waals surface area contributed by atoms with Crippen molar-refractivity contribution < 1.29 is 23.8 Å². The molecule has 0 spiro atoms. The molecular formula is C23H28N2O5. The van der Waals surface area contributed by atoms with Gasteiger partial charge in [0.05, 0.1) is 13.7 Å². The lowest BCUT2D eigenvalue weighted by molar-refractivity contribution is -0.133. The van der Waals surface area contributed by atoms with E-state index in [1.165, 1.54) is 0 Å². The first-order chi connectivity index (χ1) is 14.6. The predicted molar refractivity (Wildman–Crippen MR) is 113 cm³/mol. The normalized spacial score (nSPS) is 14.1.